The van der Waals surface area contributed by atoms with Gasteiger partial charge in [0.05, 0.1) is 21.8 Å². The van der Waals surface area contributed by atoms with Gasteiger partial charge in [0.1, 0.15) is 0 Å². The number of alkyl halides is 3. The van der Waals surface area contributed by atoms with E-state index in [0.29, 0.717) is 42.2 Å². The fourth-order valence-electron chi connectivity index (χ4n) is 2.92. The van der Waals surface area contributed by atoms with E-state index in [0.717, 1.165) is 28.8 Å². The van der Waals surface area contributed by atoms with Crippen molar-refractivity contribution in [2.45, 2.75) is 43.4 Å². The van der Waals surface area contributed by atoms with Gasteiger partial charge < -0.3 is 9.88 Å². The van der Waals surface area contributed by atoms with Crippen LogP contribution in [-0.2, 0) is 17.5 Å². The number of carbonyl (C=O) groups excluding carboxylic acids is 2. The lowest BCUT2D eigenvalue weighted by atomic mass is 10.2. The Hall–Kier alpha value is -2.23. The topological polar surface area (TPSA) is 67.2 Å². The zero-order valence-electron chi connectivity index (χ0n) is 14.8. The van der Waals surface area contributed by atoms with E-state index in [1.165, 1.54) is 6.07 Å². The largest absolute Gasteiger partial charge is 0.416 e. The van der Waals surface area contributed by atoms with E-state index in [9.17, 15) is 22.8 Å². The van der Waals surface area contributed by atoms with Gasteiger partial charge in [-0.3, -0.25) is 9.69 Å². The van der Waals surface area contributed by atoms with Crippen LogP contribution in [0.3, 0.4) is 0 Å². The fraction of sp³-hybridized carbons (Fsp3) is 0.471. The highest BCUT2D eigenvalue weighted by molar-refractivity contribution is 8.00. The summed E-state index contributed by atoms with van der Waals surface area (Å²) in [5, 5.41) is 2.44. The Labute approximate surface area is 158 Å². The van der Waals surface area contributed by atoms with Crippen LogP contribution in [0.1, 0.15) is 25.8 Å². The number of aryl methyl sites for hydroxylation is 1. The van der Waals surface area contributed by atoms with Crippen molar-refractivity contribution in [2.75, 3.05) is 13.1 Å². The van der Waals surface area contributed by atoms with Gasteiger partial charge in [-0.15, -0.1) is 0 Å². The molecule has 3 amide bonds. The van der Waals surface area contributed by atoms with Crippen LogP contribution in [0.5, 0.6) is 0 Å². The first-order chi connectivity index (χ1) is 12.7. The minimum Gasteiger partial charge on any atom is -0.336 e. The van der Waals surface area contributed by atoms with Crippen molar-refractivity contribution in [1.29, 1.82) is 0 Å². The molecule has 0 unspecified atom stereocenters. The summed E-state index contributed by atoms with van der Waals surface area (Å²) in [6.07, 6.45) is -3.73. The number of carbonyl (C=O) groups is 2. The van der Waals surface area contributed by atoms with Crippen LogP contribution in [0.2, 0.25) is 0 Å². The van der Waals surface area contributed by atoms with Gasteiger partial charge in [-0.1, -0.05) is 18.7 Å². The number of imide groups is 1. The van der Waals surface area contributed by atoms with Crippen LogP contribution in [0, 0.1) is 0 Å². The van der Waals surface area contributed by atoms with Crippen molar-refractivity contribution in [3.8, 4) is 0 Å². The summed E-state index contributed by atoms with van der Waals surface area (Å²) < 4.78 is 40.8. The Bertz CT molecular complexity index is 881. The van der Waals surface area contributed by atoms with E-state index >= 15 is 0 Å². The molecule has 0 saturated carbocycles. The van der Waals surface area contributed by atoms with E-state index in [4.69, 9.17) is 0 Å². The summed E-state index contributed by atoms with van der Waals surface area (Å²) in [5.74, 6) is -0.346. The number of amides is 3. The summed E-state index contributed by atoms with van der Waals surface area (Å²) >= 11 is 1.15. The van der Waals surface area contributed by atoms with Gasteiger partial charge in [0, 0.05) is 19.6 Å². The lowest BCUT2D eigenvalue weighted by Gasteiger charge is -2.17. The fourth-order valence-corrected chi connectivity index (χ4v) is 3.93. The molecule has 2 heterocycles. The van der Waals surface area contributed by atoms with Crippen LogP contribution in [0.15, 0.2) is 23.4 Å². The van der Waals surface area contributed by atoms with Crippen molar-refractivity contribution >= 4 is 34.7 Å². The minimum absolute atomic E-state index is 0.308. The first-order valence-electron chi connectivity index (χ1n) is 8.55. The molecule has 0 aliphatic carbocycles. The van der Waals surface area contributed by atoms with Crippen LogP contribution in [0.25, 0.3) is 11.0 Å². The summed E-state index contributed by atoms with van der Waals surface area (Å²) in [6, 6.07) is 3.00. The average Bonchev–Trinajstić information content (AvgIpc) is 3.17. The second-order valence-electron chi connectivity index (χ2n) is 6.23. The molecule has 1 atom stereocenters. The molecule has 10 heteroatoms. The molecule has 27 heavy (non-hydrogen) atoms. The van der Waals surface area contributed by atoms with Crippen molar-refractivity contribution in [3.63, 3.8) is 0 Å². The molecule has 1 fully saturated rings. The molecule has 146 valence electrons. The second-order valence-corrected chi connectivity index (χ2v) is 7.54. The maximum absolute atomic E-state index is 13.0. The standard InChI is InChI=1S/C17H19F3N4O2S/c1-3-7-23-13-9-11(17(18,19)20)4-5-12(13)22-16(23)27-10(2)14(25)24-8-6-21-15(24)26/h4-5,9-10H,3,6-8H2,1-2H3,(H,21,26)/t10-/m0/s1. The molecular formula is C17H19F3N4O2S. The highest BCUT2D eigenvalue weighted by atomic mass is 32.2. The molecule has 0 bridgehead atoms. The van der Waals surface area contributed by atoms with Gasteiger partial charge in [-0.2, -0.15) is 13.2 Å². The number of nitrogens with zero attached hydrogens (tertiary/aromatic N) is 3. The van der Waals surface area contributed by atoms with Gasteiger partial charge >= 0.3 is 12.2 Å². The van der Waals surface area contributed by atoms with Gasteiger partial charge in [0.15, 0.2) is 5.16 Å². The Morgan fingerprint density at radius 3 is 2.74 bits per heavy atom. The maximum atomic E-state index is 13.0. The van der Waals surface area contributed by atoms with Gasteiger partial charge in [0.25, 0.3) is 0 Å². The second kappa shape index (κ2) is 7.41. The third-order valence-corrected chi connectivity index (χ3v) is 5.32. The molecule has 0 spiro atoms. The molecule has 1 N–H and O–H groups in total. The highest BCUT2D eigenvalue weighted by Gasteiger charge is 2.33. The number of thioether (sulfide) groups is 1. The number of nitrogens with one attached hydrogen (secondary N) is 1. The quantitative estimate of drug-likeness (QED) is 0.780. The van der Waals surface area contributed by atoms with Crippen LogP contribution < -0.4 is 5.32 Å². The van der Waals surface area contributed by atoms with Crippen LogP contribution >= 0.6 is 11.8 Å². The molecular weight excluding hydrogens is 381 g/mol. The van der Waals surface area contributed by atoms with Crippen LogP contribution in [-0.4, -0.2) is 44.7 Å². The van der Waals surface area contributed by atoms with E-state index < -0.39 is 23.0 Å². The average molecular weight is 400 g/mol. The predicted molar refractivity (Wildman–Crippen MR) is 95.5 cm³/mol. The molecule has 1 aromatic heterocycles. The van der Waals surface area contributed by atoms with Crippen molar-refractivity contribution in [2.24, 2.45) is 0 Å². The Morgan fingerprint density at radius 2 is 2.15 bits per heavy atom. The highest BCUT2D eigenvalue weighted by Crippen LogP contribution is 2.34. The first-order valence-corrected chi connectivity index (χ1v) is 9.43. The van der Waals surface area contributed by atoms with E-state index in [2.05, 4.69) is 10.3 Å². The molecule has 3 rings (SSSR count). The first kappa shape index (κ1) is 19.5. The van der Waals surface area contributed by atoms with E-state index in [1.807, 2.05) is 6.92 Å². The zero-order chi connectivity index (χ0) is 19.8. The monoisotopic (exact) mass is 400 g/mol. The lowest BCUT2D eigenvalue weighted by molar-refractivity contribution is -0.137. The van der Waals surface area contributed by atoms with Gasteiger partial charge in [-0.05, 0) is 31.5 Å². The number of benzene rings is 1. The SMILES string of the molecule is CCCn1c(S[C@@H](C)C(=O)N2CCNC2=O)nc2ccc(C(F)(F)F)cc21. The number of hydrogen-bond acceptors (Lipinski definition) is 4. The molecule has 1 aromatic carbocycles. The molecule has 0 radical (unpaired) electrons. The lowest BCUT2D eigenvalue weighted by Crippen LogP contribution is -2.39. The number of urea groups is 1. The van der Waals surface area contributed by atoms with E-state index in [1.54, 1.807) is 11.5 Å². The molecule has 2 aromatic rings. The molecule has 1 saturated heterocycles. The Balaban J connectivity index is 1.92. The number of rotatable bonds is 5. The number of hydrogen-bond donors (Lipinski definition) is 1. The summed E-state index contributed by atoms with van der Waals surface area (Å²) in [5.41, 5.74) is 0.0897. The minimum atomic E-state index is -4.44. The van der Waals surface area contributed by atoms with Gasteiger partial charge in [0.2, 0.25) is 5.91 Å². The Kier molecular flexibility index (Phi) is 5.36. The third kappa shape index (κ3) is 3.90. The van der Waals surface area contributed by atoms with Crippen molar-refractivity contribution in [1.82, 2.24) is 19.8 Å². The number of fused-ring (bicyclic) bond motifs is 1. The molecule has 1 aliphatic heterocycles. The summed E-state index contributed by atoms with van der Waals surface area (Å²) in [4.78, 5) is 29.7. The molecule has 6 nitrogen and oxygen atoms in total. The van der Waals surface area contributed by atoms with Crippen molar-refractivity contribution < 1.29 is 22.8 Å². The number of aromatic nitrogens is 2. The van der Waals surface area contributed by atoms with E-state index in [-0.39, 0.29) is 5.91 Å². The van der Waals surface area contributed by atoms with Crippen LogP contribution in [0.4, 0.5) is 18.0 Å². The van der Waals surface area contributed by atoms with Crippen molar-refractivity contribution in [3.05, 3.63) is 23.8 Å². The normalized spacial score (nSPS) is 16.0. The summed E-state index contributed by atoms with van der Waals surface area (Å²) in [7, 11) is 0. The van der Waals surface area contributed by atoms with Gasteiger partial charge in [-0.25, -0.2) is 9.78 Å². The number of halogens is 3. The zero-order valence-corrected chi connectivity index (χ0v) is 15.7. The Morgan fingerprint density at radius 1 is 1.41 bits per heavy atom. The third-order valence-electron chi connectivity index (χ3n) is 4.24. The summed E-state index contributed by atoms with van der Waals surface area (Å²) in [6.45, 7) is 4.77. The maximum Gasteiger partial charge on any atom is 0.416 e. The predicted octanol–water partition coefficient (Wildman–Crippen LogP) is 3.50. The smallest absolute Gasteiger partial charge is 0.336 e. The number of imidazole rings is 1. The molecule has 1 aliphatic rings.